The Morgan fingerprint density at radius 1 is 1.35 bits per heavy atom. The Kier molecular flexibility index (Phi) is 3.70. The lowest BCUT2D eigenvalue weighted by atomic mass is 9.83. The van der Waals surface area contributed by atoms with E-state index in [1.54, 1.807) is 11.6 Å². The number of carbonyl (C=O) groups excluding carboxylic acids is 1. The van der Waals surface area contributed by atoms with Crippen LogP contribution in [-0.4, -0.2) is 45.2 Å². The van der Waals surface area contributed by atoms with Crippen LogP contribution < -0.4 is 10.9 Å². The zero-order chi connectivity index (χ0) is 15.8. The highest BCUT2D eigenvalue weighted by molar-refractivity contribution is 7.13. The summed E-state index contributed by atoms with van der Waals surface area (Å²) < 4.78 is 1.90. The van der Waals surface area contributed by atoms with Gasteiger partial charge >= 0.3 is 0 Å². The van der Waals surface area contributed by atoms with Gasteiger partial charge < -0.3 is 4.57 Å². The minimum Gasteiger partial charge on any atom is -0.312 e. The predicted molar refractivity (Wildman–Crippen MR) is 86.5 cm³/mol. The Labute approximate surface area is 137 Å². The molecule has 120 valence electrons. The van der Waals surface area contributed by atoms with Crippen molar-refractivity contribution in [1.82, 2.24) is 19.7 Å². The number of nitrogens with one attached hydrogen (secondary N) is 1. The van der Waals surface area contributed by atoms with Gasteiger partial charge in [0, 0.05) is 37.3 Å². The molecule has 2 aromatic heterocycles. The molecule has 2 bridgehead atoms. The molecule has 1 N–H and O–H groups in total. The average molecular weight is 331 g/mol. The van der Waals surface area contributed by atoms with Crippen molar-refractivity contribution in [3.05, 3.63) is 39.8 Å². The van der Waals surface area contributed by atoms with Crippen LogP contribution in [-0.2, 0) is 11.3 Å². The maximum Gasteiger partial charge on any atom is 0.250 e. The lowest BCUT2D eigenvalue weighted by Gasteiger charge is -2.42. The normalized spacial score (nSPS) is 23.3. The van der Waals surface area contributed by atoms with E-state index in [9.17, 15) is 9.59 Å². The third-order valence-corrected chi connectivity index (χ3v) is 5.14. The minimum absolute atomic E-state index is 0.0628. The number of nitrogens with zero attached hydrogens (tertiary/aromatic N) is 4. The number of anilines is 1. The maximum atomic E-state index is 12.1. The summed E-state index contributed by atoms with van der Waals surface area (Å²) in [6.07, 6.45) is 1.10. The van der Waals surface area contributed by atoms with Gasteiger partial charge in [-0.25, -0.2) is 0 Å². The van der Waals surface area contributed by atoms with Crippen molar-refractivity contribution in [3.8, 4) is 0 Å². The molecular weight excluding hydrogens is 314 g/mol. The van der Waals surface area contributed by atoms with Crippen LogP contribution in [0.25, 0.3) is 0 Å². The van der Waals surface area contributed by atoms with Gasteiger partial charge in [-0.3, -0.25) is 19.8 Å². The summed E-state index contributed by atoms with van der Waals surface area (Å²) in [7, 11) is 0. The molecule has 23 heavy (non-hydrogen) atoms. The number of hydrogen-bond acceptors (Lipinski definition) is 6. The fourth-order valence-corrected chi connectivity index (χ4v) is 4.18. The number of amides is 1. The second-order valence-electron chi connectivity index (χ2n) is 6.18. The van der Waals surface area contributed by atoms with Gasteiger partial charge in [-0.05, 0) is 18.4 Å². The molecule has 0 radical (unpaired) electrons. The highest BCUT2D eigenvalue weighted by atomic mass is 32.1. The van der Waals surface area contributed by atoms with E-state index < -0.39 is 0 Å². The van der Waals surface area contributed by atoms with Gasteiger partial charge in [0.1, 0.15) is 5.51 Å². The first-order valence-electron chi connectivity index (χ1n) is 7.67. The number of fused-ring (bicyclic) bond motifs is 4. The number of hydrogen-bond donors (Lipinski definition) is 1. The van der Waals surface area contributed by atoms with Crippen molar-refractivity contribution in [2.24, 2.45) is 5.92 Å². The molecule has 1 amide bonds. The average Bonchev–Trinajstić information content (AvgIpc) is 3.01. The molecule has 7 nitrogen and oxygen atoms in total. The highest BCUT2D eigenvalue weighted by Gasteiger charge is 2.34. The van der Waals surface area contributed by atoms with Crippen molar-refractivity contribution in [1.29, 1.82) is 0 Å². The van der Waals surface area contributed by atoms with Gasteiger partial charge in [0.15, 0.2) is 0 Å². The summed E-state index contributed by atoms with van der Waals surface area (Å²) in [5.74, 6) is 0.689. The lowest BCUT2D eigenvalue weighted by Crippen LogP contribution is -2.49. The number of pyridine rings is 1. The quantitative estimate of drug-likeness (QED) is 0.898. The molecule has 1 fully saturated rings. The van der Waals surface area contributed by atoms with Crippen LogP contribution in [0.15, 0.2) is 28.5 Å². The molecule has 4 heterocycles. The van der Waals surface area contributed by atoms with E-state index in [1.807, 2.05) is 16.7 Å². The van der Waals surface area contributed by atoms with E-state index in [4.69, 9.17) is 0 Å². The van der Waals surface area contributed by atoms with E-state index in [2.05, 4.69) is 20.4 Å². The van der Waals surface area contributed by atoms with Crippen molar-refractivity contribution in [2.45, 2.75) is 18.9 Å². The molecule has 1 saturated heterocycles. The SMILES string of the molecule is O=C(CN1C[C@@H]2C[C@@H](C1)c1cccc(=O)n1C2)Nc1nncs1. The van der Waals surface area contributed by atoms with Gasteiger partial charge in [0.2, 0.25) is 11.0 Å². The van der Waals surface area contributed by atoms with Gasteiger partial charge in [-0.2, -0.15) is 0 Å². The number of rotatable bonds is 3. The second-order valence-corrected chi connectivity index (χ2v) is 7.02. The van der Waals surface area contributed by atoms with Gasteiger partial charge in [0.25, 0.3) is 5.56 Å². The molecule has 0 spiro atoms. The summed E-state index contributed by atoms with van der Waals surface area (Å²) in [4.78, 5) is 26.3. The molecule has 0 aromatic carbocycles. The molecule has 0 saturated carbocycles. The molecule has 4 rings (SSSR count). The molecule has 0 unspecified atom stereocenters. The number of carbonyl (C=O) groups is 1. The highest BCUT2D eigenvalue weighted by Crippen LogP contribution is 2.34. The standard InChI is InChI=1S/C15H17N5O2S/c21-13(17-15-18-16-9-23-15)8-19-5-10-4-11(7-19)12-2-1-3-14(22)20(12)6-10/h1-3,9-11H,4-8H2,(H,17,18,21)/t10-,11-/m0/s1. The zero-order valence-electron chi connectivity index (χ0n) is 12.5. The number of likely N-dealkylation sites (tertiary alicyclic amines) is 1. The third-order valence-electron chi connectivity index (χ3n) is 4.53. The van der Waals surface area contributed by atoms with Crippen LogP contribution in [0.2, 0.25) is 0 Å². The fraction of sp³-hybridized carbons (Fsp3) is 0.467. The largest absolute Gasteiger partial charge is 0.312 e. The Morgan fingerprint density at radius 3 is 3.09 bits per heavy atom. The van der Waals surface area contributed by atoms with E-state index in [1.165, 1.54) is 11.3 Å². The van der Waals surface area contributed by atoms with E-state index in [0.717, 1.165) is 31.7 Å². The van der Waals surface area contributed by atoms with Gasteiger partial charge in [0.05, 0.1) is 6.54 Å². The van der Waals surface area contributed by atoms with Crippen LogP contribution >= 0.6 is 11.3 Å². The minimum atomic E-state index is -0.0628. The fourth-order valence-electron chi connectivity index (χ4n) is 3.71. The first kappa shape index (κ1) is 14.5. The lowest BCUT2D eigenvalue weighted by molar-refractivity contribution is -0.117. The maximum absolute atomic E-state index is 12.1. The molecular formula is C15H17N5O2S. The monoisotopic (exact) mass is 331 g/mol. The summed E-state index contributed by atoms with van der Waals surface area (Å²) in [5.41, 5.74) is 2.78. The molecule has 8 heteroatoms. The van der Waals surface area contributed by atoms with Crippen LogP contribution in [0.4, 0.5) is 5.13 Å². The Balaban J connectivity index is 1.46. The van der Waals surface area contributed by atoms with Crippen molar-refractivity contribution >= 4 is 22.4 Å². The summed E-state index contributed by atoms with van der Waals surface area (Å²) in [6.45, 7) is 2.76. The zero-order valence-corrected chi connectivity index (χ0v) is 13.3. The summed E-state index contributed by atoms with van der Waals surface area (Å²) in [5, 5.41) is 10.8. The Bertz CT molecular complexity index is 772. The smallest absolute Gasteiger partial charge is 0.250 e. The first-order chi connectivity index (χ1) is 11.2. The number of aromatic nitrogens is 3. The van der Waals surface area contributed by atoms with Crippen molar-refractivity contribution in [3.63, 3.8) is 0 Å². The van der Waals surface area contributed by atoms with Gasteiger partial charge in [-0.15, -0.1) is 10.2 Å². The molecule has 0 aliphatic carbocycles. The number of piperidine rings is 1. The van der Waals surface area contributed by atoms with Crippen LogP contribution in [0.1, 0.15) is 18.0 Å². The molecule has 2 atom stereocenters. The van der Waals surface area contributed by atoms with E-state index >= 15 is 0 Å². The van der Waals surface area contributed by atoms with Crippen LogP contribution in [0, 0.1) is 5.92 Å². The Hall–Kier alpha value is -2.06. The van der Waals surface area contributed by atoms with Crippen molar-refractivity contribution in [2.75, 3.05) is 25.0 Å². The third kappa shape index (κ3) is 2.91. The first-order valence-corrected chi connectivity index (χ1v) is 8.55. The van der Waals surface area contributed by atoms with E-state index in [-0.39, 0.29) is 11.5 Å². The van der Waals surface area contributed by atoms with Crippen molar-refractivity contribution < 1.29 is 4.79 Å². The molecule has 2 aliphatic rings. The molecule has 2 aromatic rings. The Morgan fingerprint density at radius 2 is 2.26 bits per heavy atom. The predicted octanol–water partition coefficient (Wildman–Crippen LogP) is 0.758. The second kappa shape index (κ2) is 5.86. The summed E-state index contributed by atoms with van der Waals surface area (Å²) in [6, 6.07) is 5.49. The summed E-state index contributed by atoms with van der Waals surface area (Å²) >= 11 is 1.31. The van der Waals surface area contributed by atoms with Crippen LogP contribution in [0.3, 0.4) is 0 Å². The van der Waals surface area contributed by atoms with Crippen LogP contribution in [0.5, 0.6) is 0 Å². The van der Waals surface area contributed by atoms with E-state index in [0.29, 0.717) is 23.5 Å². The van der Waals surface area contributed by atoms with Gasteiger partial charge in [-0.1, -0.05) is 17.4 Å². The molecule has 2 aliphatic heterocycles. The topological polar surface area (TPSA) is 80.1 Å².